The summed E-state index contributed by atoms with van der Waals surface area (Å²) in [6, 6.07) is 4.21. The predicted octanol–water partition coefficient (Wildman–Crippen LogP) is 3.60. The van der Waals surface area contributed by atoms with Crippen LogP contribution in [0.25, 0.3) is 21.6 Å². The number of aromatic hydroxyl groups is 1. The first-order valence-corrected chi connectivity index (χ1v) is 6.93. The van der Waals surface area contributed by atoms with Crippen LogP contribution in [0.3, 0.4) is 0 Å². The molecule has 2 heterocycles. The summed E-state index contributed by atoms with van der Waals surface area (Å²) >= 11 is 1.37. The Hall–Kier alpha value is -2.21. The van der Waals surface area contributed by atoms with Crippen LogP contribution in [-0.4, -0.2) is 21.7 Å². The van der Waals surface area contributed by atoms with E-state index in [-0.39, 0.29) is 11.6 Å². The van der Waals surface area contributed by atoms with Crippen molar-refractivity contribution >= 4 is 21.6 Å². The first-order valence-electron chi connectivity index (χ1n) is 6.05. The number of ether oxygens (including phenoxy) is 1. The van der Waals surface area contributed by atoms with Gasteiger partial charge < -0.3 is 9.84 Å². The van der Waals surface area contributed by atoms with E-state index in [1.54, 1.807) is 17.6 Å². The van der Waals surface area contributed by atoms with Crippen LogP contribution in [0.5, 0.6) is 11.5 Å². The molecule has 0 aliphatic carbocycles. The molecule has 6 heteroatoms. The second-order valence-electron chi connectivity index (χ2n) is 4.10. The Bertz CT molecular complexity index is 773. The van der Waals surface area contributed by atoms with Gasteiger partial charge in [-0.25, -0.2) is 14.4 Å². The molecule has 102 valence electrons. The van der Waals surface area contributed by atoms with Crippen molar-refractivity contribution in [3.05, 3.63) is 35.6 Å². The van der Waals surface area contributed by atoms with Crippen LogP contribution in [0.2, 0.25) is 0 Å². The summed E-state index contributed by atoms with van der Waals surface area (Å²) < 4.78 is 19.5. The Balaban J connectivity index is 2.16. The van der Waals surface area contributed by atoms with E-state index in [2.05, 4.69) is 9.97 Å². The van der Waals surface area contributed by atoms with Crippen molar-refractivity contribution < 1.29 is 14.2 Å². The average molecular weight is 290 g/mol. The predicted molar refractivity (Wildman–Crippen MR) is 75.6 cm³/mol. The summed E-state index contributed by atoms with van der Waals surface area (Å²) in [6.45, 7) is 2.24. The molecular formula is C14H11FN2O2S. The van der Waals surface area contributed by atoms with E-state index in [1.165, 1.54) is 23.5 Å². The van der Waals surface area contributed by atoms with E-state index < -0.39 is 0 Å². The lowest BCUT2D eigenvalue weighted by molar-refractivity contribution is 0.339. The van der Waals surface area contributed by atoms with Crippen LogP contribution < -0.4 is 4.74 Å². The minimum Gasteiger partial charge on any atom is -0.505 e. The van der Waals surface area contributed by atoms with E-state index in [4.69, 9.17) is 4.74 Å². The van der Waals surface area contributed by atoms with Gasteiger partial charge in [0.25, 0.3) is 0 Å². The molecule has 4 nitrogen and oxygen atoms in total. The van der Waals surface area contributed by atoms with Gasteiger partial charge >= 0.3 is 0 Å². The third-order valence-corrected chi connectivity index (χ3v) is 3.67. The highest BCUT2D eigenvalue weighted by Gasteiger charge is 2.13. The molecule has 1 aromatic carbocycles. The Kier molecular flexibility index (Phi) is 3.23. The first-order chi connectivity index (χ1) is 9.69. The molecule has 0 saturated heterocycles. The fraction of sp³-hybridized carbons (Fsp3) is 0.143. The maximum Gasteiger partial charge on any atom is 0.163 e. The van der Waals surface area contributed by atoms with Gasteiger partial charge in [0, 0.05) is 17.6 Å². The van der Waals surface area contributed by atoms with Gasteiger partial charge in [0.2, 0.25) is 0 Å². The third-order valence-electron chi connectivity index (χ3n) is 2.78. The fourth-order valence-corrected chi connectivity index (χ4v) is 2.63. The summed E-state index contributed by atoms with van der Waals surface area (Å²) in [4.78, 5) is 8.57. The van der Waals surface area contributed by atoms with Crippen LogP contribution in [0.1, 0.15) is 6.92 Å². The number of hydrogen-bond donors (Lipinski definition) is 1. The van der Waals surface area contributed by atoms with Crippen molar-refractivity contribution in [1.29, 1.82) is 0 Å². The summed E-state index contributed by atoms with van der Waals surface area (Å²) in [5.74, 6) is 0.529. The molecule has 3 aromatic rings. The molecule has 0 aliphatic rings. The van der Waals surface area contributed by atoms with Crippen molar-refractivity contribution in [2.45, 2.75) is 6.92 Å². The van der Waals surface area contributed by atoms with Crippen LogP contribution in [0.15, 0.2) is 29.8 Å². The number of rotatable bonds is 3. The number of nitrogens with zero attached hydrogens (tertiary/aromatic N) is 2. The minimum atomic E-state index is -0.378. The van der Waals surface area contributed by atoms with Gasteiger partial charge in [0.1, 0.15) is 17.1 Å². The molecule has 1 N–H and O–H groups in total. The van der Waals surface area contributed by atoms with Gasteiger partial charge in [0.05, 0.1) is 16.9 Å². The topological polar surface area (TPSA) is 55.2 Å². The smallest absolute Gasteiger partial charge is 0.163 e. The zero-order valence-electron chi connectivity index (χ0n) is 10.6. The third kappa shape index (κ3) is 2.18. The van der Waals surface area contributed by atoms with Gasteiger partial charge in [-0.3, -0.25) is 0 Å². The normalized spacial score (nSPS) is 10.9. The standard InChI is InChI=1S/C14H11FN2O2S/c1-2-19-11-5-8(15)3-4-9(11)14-16-6-12-13(17-14)10(18)7-20-12/h3-7,18H,2H2,1H3. The summed E-state index contributed by atoms with van der Waals surface area (Å²) in [6.07, 6.45) is 1.64. The quantitative estimate of drug-likeness (QED) is 0.800. The van der Waals surface area contributed by atoms with Gasteiger partial charge in [0.15, 0.2) is 11.6 Å². The molecule has 3 rings (SSSR count). The van der Waals surface area contributed by atoms with Gasteiger partial charge in [-0.15, -0.1) is 11.3 Å². The maximum atomic E-state index is 13.3. The van der Waals surface area contributed by atoms with E-state index in [1.807, 2.05) is 6.92 Å². The molecule has 0 bridgehead atoms. The highest BCUT2D eigenvalue weighted by atomic mass is 32.1. The van der Waals surface area contributed by atoms with Crippen molar-refractivity contribution in [3.63, 3.8) is 0 Å². The van der Waals surface area contributed by atoms with Crippen LogP contribution in [0, 0.1) is 5.82 Å². The molecular weight excluding hydrogens is 279 g/mol. The van der Waals surface area contributed by atoms with Crippen LogP contribution in [-0.2, 0) is 0 Å². The van der Waals surface area contributed by atoms with Crippen molar-refractivity contribution in [3.8, 4) is 22.9 Å². The zero-order chi connectivity index (χ0) is 14.1. The van der Waals surface area contributed by atoms with E-state index in [0.29, 0.717) is 29.3 Å². The number of hydrogen-bond acceptors (Lipinski definition) is 5. The van der Waals surface area contributed by atoms with Crippen molar-refractivity contribution in [2.75, 3.05) is 6.61 Å². The second kappa shape index (κ2) is 5.05. The molecule has 0 saturated carbocycles. The highest BCUT2D eigenvalue weighted by molar-refractivity contribution is 7.17. The monoisotopic (exact) mass is 290 g/mol. The summed E-state index contributed by atoms with van der Waals surface area (Å²) in [5, 5.41) is 11.3. The van der Waals surface area contributed by atoms with Gasteiger partial charge in [-0.1, -0.05) is 0 Å². The minimum absolute atomic E-state index is 0.119. The molecule has 20 heavy (non-hydrogen) atoms. The largest absolute Gasteiger partial charge is 0.505 e. The molecule has 0 aliphatic heterocycles. The molecule has 2 aromatic heterocycles. The number of fused-ring (bicyclic) bond motifs is 1. The van der Waals surface area contributed by atoms with Crippen molar-refractivity contribution in [2.24, 2.45) is 0 Å². The molecule has 0 spiro atoms. The first kappa shape index (κ1) is 12.8. The lowest BCUT2D eigenvalue weighted by atomic mass is 10.2. The second-order valence-corrected chi connectivity index (χ2v) is 5.01. The summed E-state index contributed by atoms with van der Waals surface area (Å²) in [5.41, 5.74) is 1.09. The number of thiophene rings is 1. The number of halogens is 1. The SMILES string of the molecule is CCOc1cc(F)ccc1-c1ncc2scc(O)c2n1. The average Bonchev–Trinajstić information content (AvgIpc) is 2.81. The number of aromatic nitrogens is 2. The molecule has 0 unspecified atom stereocenters. The molecule has 0 fully saturated rings. The van der Waals surface area contributed by atoms with Gasteiger partial charge in [-0.05, 0) is 19.1 Å². The lowest BCUT2D eigenvalue weighted by Crippen LogP contribution is -1.97. The summed E-state index contributed by atoms with van der Waals surface area (Å²) in [7, 11) is 0. The Morgan fingerprint density at radius 1 is 1.40 bits per heavy atom. The van der Waals surface area contributed by atoms with E-state index in [9.17, 15) is 9.50 Å². The lowest BCUT2D eigenvalue weighted by Gasteiger charge is -2.09. The number of benzene rings is 1. The van der Waals surface area contributed by atoms with E-state index in [0.717, 1.165) is 4.70 Å². The Morgan fingerprint density at radius 2 is 2.25 bits per heavy atom. The maximum absolute atomic E-state index is 13.3. The highest BCUT2D eigenvalue weighted by Crippen LogP contribution is 2.33. The van der Waals surface area contributed by atoms with Crippen molar-refractivity contribution in [1.82, 2.24) is 9.97 Å². The zero-order valence-corrected chi connectivity index (χ0v) is 11.4. The Labute approximate surface area is 118 Å². The van der Waals surface area contributed by atoms with Crippen LogP contribution in [0.4, 0.5) is 4.39 Å². The van der Waals surface area contributed by atoms with Gasteiger partial charge in [-0.2, -0.15) is 0 Å². The fourth-order valence-electron chi connectivity index (χ4n) is 1.90. The molecule has 0 radical (unpaired) electrons. The Morgan fingerprint density at radius 3 is 3.05 bits per heavy atom. The van der Waals surface area contributed by atoms with E-state index >= 15 is 0 Å². The van der Waals surface area contributed by atoms with Crippen LogP contribution >= 0.6 is 11.3 Å². The molecule has 0 atom stereocenters. The molecule has 0 amide bonds.